The van der Waals surface area contributed by atoms with E-state index >= 15 is 0 Å². The van der Waals surface area contributed by atoms with Gasteiger partial charge in [-0.25, -0.2) is 9.59 Å². The van der Waals surface area contributed by atoms with Crippen molar-refractivity contribution in [1.29, 1.82) is 0 Å². The number of ether oxygens (including phenoxy) is 3. The molecule has 0 unspecified atom stereocenters. The number of rotatable bonds is 14. The quantitative estimate of drug-likeness (QED) is 0.131. The molecule has 2 aliphatic heterocycles. The minimum atomic E-state index is -1.75. The summed E-state index contributed by atoms with van der Waals surface area (Å²) in [6.45, 7) is 15.7. The number of fused-ring (bicyclic) bond motifs is 2. The van der Waals surface area contributed by atoms with Gasteiger partial charge in [-0.15, -0.1) is 0 Å². The normalized spacial score (nSPS) is 24.5. The van der Waals surface area contributed by atoms with Crippen LogP contribution in [0.15, 0.2) is 63.8 Å². The molecule has 2 aromatic carbocycles. The fourth-order valence-electron chi connectivity index (χ4n) is 9.70. The van der Waals surface area contributed by atoms with E-state index in [1.54, 1.807) is 76.2 Å². The Balaban J connectivity index is 1.62. The zero-order chi connectivity index (χ0) is 56.3. The fourth-order valence-corrected chi connectivity index (χ4v) is 9.70. The molecular formula is C56H78N6O14. The summed E-state index contributed by atoms with van der Waals surface area (Å²) in [7, 11) is 4.25. The number of hydrogen-bond donors (Lipinski definition) is 4. The molecule has 2 saturated heterocycles. The van der Waals surface area contributed by atoms with Gasteiger partial charge in [-0.05, 0) is 86.1 Å². The number of esters is 2. The summed E-state index contributed by atoms with van der Waals surface area (Å²) in [4.78, 5) is 133. The monoisotopic (exact) mass is 1060 g/mol. The van der Waals surface area contributed by atoms with Crippen LogP contribution in [0.1, 0.15) is 117 Å². The Morgan fingerprint density at radius 2 is 1.57 bits per heavy atom. The number of benzene rings is 2. The first kappa shape index (κ1) is 60.0. The van der Waals surface area contributed by atoms with Gasteiger partial charge in [0.05, 0.1) is 25.7 Å². The van der Waals surface area contributed by atoms with Gasteiger partial charge in [0.25, 0.3) is 11.8 Å². The van der Waals surface area contributed by atoms with Gasteiger partial charge in [0.2, 0.25) is 23.6 Å². The SMILES string of the molecule is CC[C@H](C)[C@H]1NC(=O)[C@@H](NC(=O)[C@@H](CC(C)C)N(C)C(=O)c2cc3ccccc3oc2=O)[C@@H](C)OC(=O)[C@H](Cc2ccc(OC)cc2)N(C)C(=O)[C@@H]2CCCN2C(=O)[C@H](CC(C)C)NC(=O)[C@H](C(C)C)OC(=O)C[C@@H]1O. The number of methoxy groups -OCH3 is 1. The van der Waals surface area contributed by atoms with Crippen LogP contribution in [-0.2, 0) is 49.5 Å². The number of cyclic esters (lactones) is 2. The summed E-state index contributed by atoms with van der Waals surface area (Å²) >= 11 is 0. The molecule has 5 rings (SSSR count). The number of aliphatic hydroxyl groups is 1. The standard InChI is InChI=1S/C56H78N6O14/c1-13-33(8)46-43(63)29-45(64)76-48(32(6)7)51(67)57-39(25-30(2)3)53(69)62-24-16-18-40(62)54(70)61(11)42(27-35-20-22-37(73-12)23-21-35)56(72)74-34(9)47(50(66)58-46)59-49(65)41(26-31(4)5)60(10)52(68)38-28-36-17-14-15-19-44(36)75-55(38)71/h14-15,17,19-23,28,30-34,39-43,46-48,63H,13,16,18,24-27,29H2,1-12H3,(H,57,67)(H,58,66)(H,59,65)/t33-,34+,39-,40-,41+,42-,43-,46+,47-,48-/m0/s1. The summed E-state index contributed by atoms with van der Waals surface area (Å²) in [5.74, 6) is -7.41. The van der Waals surface area contributed by atoms with Gasteiger partial charge in [0, 0.05) is 32.4 Å². The van der Waals surface area contributed by atoms with Crippen LogP contribution in [0.5, 0.6) is 5.75 Å². The molecule has 0 bridgehead atoms. The molecule has 4 N–H and O–H groups in total. The second-order valence-corrected chi connectivity index (χ2v) is 21.4. The Kier molecular flexibility index (Phi) is 21.2. The van der Waals surface area contributed by atoms with Gasteiger partial charge in [-0.3, -0.25) is 33.6 Å². The van der Waals surface area contributed by atoms with Crippen molar-refractivity contribution in [2.75, 3.05) is 27.7 Å². The van der Waals surface area contributed by atoms with Crippen molar-refractivity contribution >= 4 is 58.4 Å². The van der Waals surface area contributed by atoms with Crippen LogP contribution < -0.4 is 26.3 Å². The molecule has 2 aliphatic rings. The Hall–Kier alpha value is -6.83. The molecule has 1 aromatic heterocycles. The maximum atomic E-state index is 14.9. The third-order valence-corrected chi connectivity index (χ3v) is 14.3. The number of carbonyl (C=O) groups excluding carboxylic acids is 8. The molecule has 6 amide bonds. The van der Waals surface area contributed by atoms with Crippen molar-refractivity contribution in [2.24, 2.45) is 23.7 Å². The summed E-state index contributed by atoms with van der Waals surface area (Å²) in [6, 6.07) is 6.95. The fraction of sp³-hybridized carbons (Fsp3) is 0.589. The van der Waals surface area contributed by atoms with Crippen LogP contribution in [0.4, 0.5) is 0 Å². The number of nitrogens with one attached hydrogen (secondary N) is 3. The number of amides is 6. The number of aliphatic hydroxyl groups excluding tert-OH is 1. The van der Waals surface area contributed by atoms with E-state index in [9.17, 15) is 48.3 Å². The molecule has 2 fully saturated rings. The number of nitrogens with zero attached hydrogens (tertiary/aromatic N) is 3. The average Bonchev–Trinajstić information content (AvgIpc) is 3.87. The number of para-hydroxylation sites is 1. The van der Waals surface area contributed by atoms with Crippen molar-refractivity contribution < 1.29 is 62.1 Å². The smallest absolute Gasteiger partial charge is 0.349 e. The Bertz CT molecular complexity index is 2620. The Labute approximate surface area is 444 Å². The number of hydrogen-bond acceptors (Lipinski definition) is 14. The van der Waals surface area contributed by atoms with Gasteiger partial charge in [0.15, 0.2) is 6.10 Å². The number of likely N-dealkylation sites (N-methyl/N-ethyl adjacent to an activating group) is 2. The van der Waals surface area contributed by atoms with E-state index in [4.69, 9.17) is 18.6 Å². The molecule has 416 valence electrons. The minimum absolute atomic E-state index is 0.0386. The summed E-state index contributed by atoms with van der Waals surface area (Å²) in [5, 5.41) is 20.6. The molecule has 0 aliphatic carbocycles. The topological polar surface area (TPSA) is 260 Å². The third-order valence-electron chi connectivity index (χ3n) is 14.3. The Morgan fingerprint density at radius 3 is 2.18 bits per heavy atom. The second kappa shape index (κ2) is 26.8. The zero-order valence-corrected chi connectivity index (χ0v) is 46.0. The largest absolute Gasteiger partial charge is 0.497 e. The van der Waals surface area contributed by atoms with E-state index in [-0.39, 0.29) is 55.2 Å². The highest BCUT2D eigenvalue weighted by molar-refractivity contribution is 6.00. The maximum absolute atomic E-state index is 14.9. The van der Waals surface area contributed by atoms with Crippen LogP contribution in [0.25, 0.3) is 11.0 Å². The predicted octanol–water partition coefficient (Wildman–Crippen LogP) is 4.16. The molecule has 0 radical (unpaired) electrons. The van der Waals surface area contributed by atoms with Crippen molar-refractivity contribution in [2.45, 2.75) is 162 Å². The highest BCUT2D eigenvalue weighted by Gasteiger charge is 2.44. The summed E-state index contributed by atoms with van der Waals surface area (Å²) in [5.41, 5.74) is -0.426. The van der Waals surface area contributed by atoms with Gasteiger partial charge >= 0.3 is 17.6 Å². The number of carbonyl (C=O) groups is 8. The van der Waals surface area contributed by atoms with E-state index in [0.717, 1.165) is 4.90 Å². The highest BCUT2D eigenvalue weighted by atomic mass is 16.6. The first-order chi connectivity index (χ1) is 35.9. The maximum Gasteiger partial charge on any atom is 0.349 e. The molecule has 10 atom stereocenters. The van der Waals surface area contributed by atoms with Crippen LogP contribution in [0.3, 0.4) is 0 Å². The molecular weight excluding hydrogens is 981 g/mol. The highest BCUT2D eigenvalue weighted by Crippen LogP contribution is 2.26. The van der Waals surface area contributed by atoms with E-state index in [2.05, 4.69) is 16.0 Å². The first-order valence-electron chi connectivity index (χ1n) is 26.4. The van der Waals surface area contributed by atoms with Crippen molar-refractivity contribution in [1.82, 2.24) is 30.7 Å². The molecule has 3 aromatic rings. The van der Waals surface area contributed by atoms with Crippen LogP contribution in [0.2, 0.25) is 0 Å². The van der Waals surface area contributed by atoms with Crippen LogP contribution >= 0.6 is 0 Å². The van der Waals surface area contributed by atoms with Gasteiger partial charge < -0.3 is 54.4 Å². The van der Waals surface area contributed by atoms with Crippen molar-refractivity contribution in [3.63, 3.8) is 0 Å². The van der Waals surface area contributed by atoms with Crippen LogP contribution in [0, 0.1) is 23.7 Å². The molecule has 76 heavy (non-hydrogen) atoms. The lowest BCUT2D eigenvalue weighted by Gasteiger charge is -2.36. The lowest BCUT2D eigenvalue weighted by Crippen LogP contribution is -2.61. The molecule has 20 heteroatoms. The van der Waals surface area contributed by atoms with Gasteiger partial charge in [-0.2, -0.15) is 0 Å². The average molecular weight is 1060 g/mol. The molecule has 0 spiro atoms. The van der Waals surface area contributed by atoms with Crippen molar-refractivity contribution in [3.8, 4) is 5.75 Å². The van der Waals surface area contributed by atoms with E-state index < -0.39 is 126 Å². The van der Waals surface area contributed by atoms with E-state index in [1.165, 1.54) is 44.0 Å². The minimum Gasteiger partial charge on any atom is -0.497 e. The summed E-state index contributed by atoms with van der Waals surface area (Å²) in [6.07, 6.45) is -4.08. The zero-order valence-electron chi connectivity index (χ0n) is 46.0. The lowest BCUT2D eigenvalue weighted by atomic mass is 9.92. The van der Waals surface area contributed by atoms with Gasteiger partial charge in [0.1, 0.15) is 53.2 Å². The first-order valence-corrected chi connectivity index (χ1v) is 26.4. The van der Waals surface area contributed by atoms with Crippen molar-refractivity contribution in [3.05, 3.63) is 76.1 Å². The molecule has 3 heterocycles. The predicted molar refractivity (Wildman–Crippen MR) is 281 cm³/mol. The second-order valence-electron chi connectivity index (χ2n) is 21.4. The van der Waals surface area contributed by atoms with Gasteiger partial charge in [-0.1, -0.05) is 92.1 Å². The van der Waals surface area contributed by atoms with E-state index in [1.807, 2.05) is 27.7 Å². The van der Waals surface area contributed by atoms with E-state index in [0.29, 0.717) is 29.5 Å². The molecule has 20 nitrogen and oxygen atoms in total. The lowest BCUT2D eigenvalue weighted by molar-refractivity contribution is -0.162. The third kappa shape index (κ3) is 15.0. The Morgan fingerprint density at radius 1 is 0.895 bits per heavy atom. The molecule has 0 saturated carbocycles. The summed E-state index contributed by atoms with van der Waals surface area (Å²) < 4.78 is 22.7. The van der Waals surface area contributed by atoms with Crippen LogP contribution in [-0.4, -0.2) is 150 Å².